The zero-order valence-corrected chi connectivity index (χ0v) is 13.7. The van der Waals surface area contributed by atoms with Gasteiger partial charge in [0.25, 0.3) is 5.56 Å². The molecular weight excluding hydrogens is 284 g/mol. The predicted molar refractivity (Wildman–Crippen MR) is 93.2 cm³/mol. The minimum atomic E-state index is 0.0209. The van der Waals surface area contributed by atoms with E-state index in [0.29, 0.717) is 5.92 Å². The van der Waals surface area contributed by atoms with Crippen LogP contribution in [0.5, 0.6) is 0 Å². The van der Waals surface area contributed by atoms with E-state index in [4.69, 9.17) is 0 Å². The second-order valence-corrected chi connectivity index (χ2v) is 7.09. The van der Waals surface area contributed by atoms with Gasteiger partial charge in [-0.25, -0.2) is 0 Å². The molecule has 23 heavy (non-hydrogen) atoms. The van der Waals surface area contributed by atoms with Crippen LogP contribution in [0.3, 0.4) is 0 Å². The van der Waals surface area contributed by atoms with Crippen molar-refractivity contribution in [2.24, 2.45) is 5.92 Å². The minimum Gasteiger partial charge on any atom is -0.300 e. The van der Waals surface area contributed by atoms with Crippen LogP contribution in [0.1, 0.15) is 37.7 Å². The number of nitrogens with zero attached hydrogens (tertiary/aromatic N) is 2. The van der Waals surface area contributed by atoms with Gasteiger partial charge in [0.2, 0.25) is 0 Å². The van der Waals surface area contributed by atoms with E-state index < -0.39 is 0 Å². The summed E-state index contributed by atoms with van der Waals surface area (Å²) in [6, 6.07) is 14.6. The smallest absolute Gasteiger partial charge is 0.255 e. The average Bonchev–Trinajstić information content (AvgIpc) is 3.22. The lowest BCUT2D eigenvalue weighted by atomic mass is 10.1. The molecule has 0 amide bonds. The second kappa shape index (κ2) is 5.97. The molecule has 1 aliphatic heterocycles. The Morgan fingerprint density at radius 2 is 1.96 bits per heavy atom. The first-order valence-electron chi connectivity index (χ1n) is 8.74. The number of hydrogen-bond acceptors (Lipinski definition) is 2. The van der Waals surface area contributed by atoms with Crippen molar-refractivity contribution in [3.63, 3.8) is 0 Å². The molecule has 2 aliphatic rings. The van der Waals surface area contributed by atoms with Gasteiger partial charge in [-0.15, -0.1) is 0 Å². The van der Waals surface area contributed by atoms with Crippen molar-refractivity contribution in [1.82, 2.24) is 9.47 Å². The van der Waals surface area contributed by atoms with E-state index in [2.05, 4.69) is 36.1 Å². The van der Waals surface area contributed by atoms with Gasteiger partial charge in [-0.2, -0.15) is 0 Å². The lowest BCUT2D eigenvalue weighted by Crippen LogP contribution is -2.29. The number of benzene rings is 1. The average molecular weight is 308 g/mol. The SMILES string of the molecule is C[C@@H]1CCCN1C[C@H]1C[C@@H]1c1ccc(-n2ccccc2=O)cc1. The van der Waals surface area contributed by atoms with Crippen LogP contribution in [-0.2, 0) is 0 Å². The first kappa shape index (κ1) is 14.7. The monoisotopic (exact) mass is 308 g/mol. The van der Waals surface area contributed by atoms with E-state index >= 15 is 0 Å². The molecule has 4 rings (SSSR count). The Balaban J connectivity index is 1.44. The van der Waals surface area contributed by atoms with Crippen LogP contribution < -0.4 is 5.56 Å². The van der Waals surface area contributed by atoms with Crippen molar-refractivity contribution < 1.29 is 0 Å². The fraction of sp³-hybridized carbons (Fsp3) is 0.450. The topological polar surface area (TPSA) is 25.2 Å². The molecule has 1 aliphatic carbocycles. The van der Waals surface area contributed by atoms with Crippen molar-refractivity contribution in [2.75, 3.05) is 13.1 Å². The van der Waals surface area contributed by atoms with Gasteiger partial charge in [-0.1, -0.05) is 18.2 Å². The molecule has 1 aromatic carbocycles. The fourth-order valence-electron chi connectivity index (χ4n) is 3.95. The van der Waals surface area contributed by atoms with Gasteiger partial charge < -0.3 is 4.90 Å². The maximum Gasteiger partial charge on any atom is 0.255 e. The first-order chi connectivity index (χ1) is 11.2. The fourth-order valence-corrected chi connectivity index (χ4v) is 3.95. The normalized spacial score (nSPS) is 27.3. The Hall–Kier alpha value is -1.87. The molecule has 120 valence electrons. The summed E-state index contributed by atoms with van der Waals surface area (Å²) in [6.07, 6.45) is 5.86. The zero-order chi connectivity index (χ0) is 15.8. The zero-order valence-electron chi connectivity index (χ0n) is 13.7. The van der Waals surface area contributed by atoms with E-state index in [1.807, 2.05) is 12.3 Å². The third-order valence-electron chi connectivity index (χ3n) is 5.50. The summed E-state index contributed by atoms with van der Waals surface area (Å²) in [5, 5.41) is 0. The van der Waals surface area contributed by atoms with Crippen LogP contribution in [0.15, 0.2) is 53.5 Å². The van der Waals surface area contributed by atoms with Gasteiger partial charge in [0.15, 0.2) is 0 Å². The molecule has 3 heteroatoms. The Bertz CT molecular complexity index is 734. The molecule has 0 bridgehead atoms. The van der Waals surface area contributed by atoms with Gasteiger partial charge >= 0.3 is 0 Å². The molecule has 1 saturated heterocycles. The van der Waals surface area contributed by atoms with Crippen LogP contribution in [0.4, 0.5) is 0 Å². The number of rotatable bonds is 4. The first-order valence-corrected chi connectivity index (χ1v) is 8.74. The molecule has 0 unspecified atom stereocenters. The van der Waals surface area contributed by atoms with E-state index in [1.165, 1.54) is 37.9 Å². The van der Waals surface area contributed by atoms with Crippen molar-refractivity contribution >= 4 is 0 Å². The molecule has 0 spiro atoms. The highest BCUT2D eigenvalue weighted by molar-refractivity contribution is 5.38. The highest BCUT2D eigenvalue weighted by Crippen LogP contribution is 2.48. The van der Waals surface area contributed by atoms with Gasteiger partial charge in [0, 0.05) is 30.5 Å². The Morgan fingerprint density at radius 3 is 2.65 bits per heavy atom. The van der Waals surface area contributed by atoms with Gasteiger partial charge in [0.1, 0.15) is 0 Å². The van der Waals surface area contributed by atoms with Crippen LogP contribution >= 0.6 is 0 Å². The van der Waals surface area contributed by atoms with Crippen molar-refractivity contribution in [2.45, 2.75) is 38.1 Å². The summed E-state index contributed by atoms with van der Waals surface area (Å²) in [6.45, 7) is 4.89. The number of likely N-dealkylation sites (tertiary alicyclic amines) is 1. The van der Waals surface area contributed by atoms with Gasteiger partial charge in [-0.3, -0.25) is 9.36 Å². The summed E-state index contributed by atoms with van der Waals surface area (Å²) >= 11 is 0. The largest absolute Gasteiger partial charge is 0.300 e. The van der Waals surface area contributed by atoms with Crippen molar-refractivity contribution in [3.8, 4) is 5.69 Å². The number of aromatic nitrogens is 1. The molecule has 2 aromatic rings. The quantitative estimate of drug-likeness (QED) is 0.864. The number of hydrogen-bond donors (Lipinski definition) is 0. The van der Waals surface area contributed by atoms with Gasteiger partial charge in [0.05, 0.1) is 0 Å². The molecular formula is C20H24N2O. The van der Waals surface area contributed by atoms with E-state index in [-0.39, 0.29) is 5.56 Å². The van der Waals surface area contributed by atoms with Crippen LogP contribution in [-0.4, -0.2) is 28.6 Å². The lowest BCUT2D eigenvalue weighted by Gasteiger charge is -2.20. The molecule has 2 fully saturated rings. The third kappa shape index (κ3) is 2.98. The summed E-state index contributed by atoms with van der Waals surface area (Å²) in [5.41, 5.74) is 2.40. The van der Waals surface area contributed by atoms with Crippen LogP contribution in [0, 0.1) is 5.92 Å². The van der Waals surface area contributed by atoms with E-state index in [1.54, 1.807) is 16.7 Å². The predicted octanol–water partition coefficient (Wildman–Crippen LogP) is 3.43. The molecule has 3 nitrogen and oxygen atoms in total. The maximum atomic E-state index is 11.9. The van der Waals surface area contributed by atoms with Crippen LogP contribution in [0.25, 0.3) is 5.69 Å². The maximum absolute atomic E-state index is 11.9. The summed E-state index contributed by atoms with van der Waals surface area (Å²) in [5.74, 6) is 1.53. The molecule has 1 aromatic heterocycles. The second-order valence-electron chi connectivity index (χ2n) is 7.09. The Kier molecular flexibility index (Phi) is 3.82. The lowest BCUT2D eigenvalue weighted by molar-refractivity contribution is 0.256. The van der Waals surface area contributed by atoms with Crippen molar-refractivity contribution in [3.05, 3.63) is 64.6 Å². The highest BCUT2D eigenvalue weighted by Gasteiger charge is 2.40. The summed E-state index contributed by atoms with van der Waals surface area (Å²) in [4.78, 5) is 14.5. The highest BCUT2D eigenvalue weighted by atomic mass is 16.1. The third-order valence-corrected chi connectivity index (χ3v) is 5.50. The van der Waals surface area contributed by atoms with E-state index in [9.17, 15) is 4.79 Å². The summed E-state index contributed by atoms with van der Waals surface area (Å²) in [7, 11) is 0. The van der Waals surface area contributed by atoms with E-state index in [0.717, 1.165) is 17.6 Å². The molecule has 2 heterocycles. The Morgan fingerprint density at radius 1 is 1.13 bits per heavy atom. The van der Waals surface area contributed by atoms with Crippen LogP contribution in [0.2, 0.25) is 0 Å². The molecule has 3 atom stereocenters. The Labute approximate surface area is 137 Å². The number of pyridine rings is 1. The standard InChI is InChI=1S/C20H24N2O/c1-15-5-4-11-21(15)14-17-13-19(17)16-7-9-18(10-8-16)22-12-3-2-6-20(22)23/h2-3,6-10,12,15,17,19H,4-5,11,13-14H2,1H3/t15-,17-,19-/m1/s1. The van der Waals surface area contributed by atoms with Gasteiger partial charge in [-0.05, 0) is 68.3 Å². The van der Waals surface area contributed by atoms with Crippen molar-refractivity contribution in [1.29, 1.82) is 0 Å². The molecule has 0 N–H and O–H groups in total. The molecule has 1 saturated carbocycles. The molecule has 0 radical (unpaired) electrons. The minimum absolute atomic E-state index is 0.0209. The summed E-state index contributed by atoms with van der Waals surface area (Å²) < 4.78 is 1.69.